The predicted octanol–water partition coefficient (Wildman–Crippen LogP) is 4.45. The van der Waals surface area contributed by atoms with Gasteiger partial charge in [-0.3, -0.25) is 9.10 Å². The number of aryl methyl sites for hydroxylation is 2. The van der Waals surface area contributed by atoms with E-state index >= 15 is 0 Å². The Balaban J connectivity index is 2.04. The van der Waals surface area contributed by atoms with E-state index in [0.717, 1.165) is 21.0 Å². The first-order valence-corrected chi connectivity index (χ1v) is 11.3. The number of hydrogen-bond acceptors (Lipinski definition) is 4. The number of benzene rings is 3. The van der Waals surface area contributed by atoms with Gasteiger partial charge in [0.15, 0.2) is 0 Å². The summed E-state index contributed by atoms with van der Waals surface area (Å²) < 4.78 is 33.5. The van der Waals surface area contributed by atoms with Crippen LogP contribution in [0.1, 0.15) is 16.7 Å². The molecule has 31 heavy (non-hydrogen) atoms. The van der Waals surface area contributed by atoms with Crippen LogP contribution in [0.4, 0.5) is 11.4 Å². The Morgan fingerprint density at radius 3 is 2.35 bits per heavy atom. The second-order valence-corrected chi connectivity index (χ2v) is 9.16. The summed E-state index contributed by atoms with van der Waals surface area (Å²) in [5.74, 6) is -0.0820. The van der Waals surface area contributed by atoms with Crippen molar-refractivity contribution in [3.63, 3.8) is 0 Å². The van der Waals surface area contributed by atoms with Gasteiger partial charge in [0.05, 0.1) is 17.7 Å². The highest BCUT2D eigenvalue weighted by molar-refractivity contribution is 7.92. The minimum absolute atomic E-state index is 0.0955. The number of ether oxygens (including phenoxy) is 1. The van der Waals surface area contributed by atoms with Gasteiger partial charge in [0.2, 0.25) is 5.91 Å². The quantitative estimate of drug-likeness (QED) is 0.591. The Kier molecular flexibility index (Phi) is 6.65. The SMILES string of the molecule is COc1ccc(C)cc1N(CC(=O)Nc1cccc(C)c1C)S(=O)(=O)c1ccccc1. The lowest BCUT2D eigenvalue weighted by Gasteiger charge is -2.26. The van der Waals surface area contributed by atoms with Crippen molar-refractivity contribution in [2.45, 2.75) is 25.7 Å². The van der Waals surface area contributed by atoms with E-state index in [4.69, 9.17) is 4.74 Å². The number of nitrogens with one attached hydrogen (secondary N) is 1. The molecule has 0 aromatic heterocycles. The largest absolute Gasteiger partial charge is 0.495 e. The highest BCUT2D eigenvalue weighted by Crippen LogP contribution is 2.33. The fourth-order valence-corrected chi connectivity index (χ4v) is 4.67. The molecule has 7 heteroatoms. The van der Waals surface area contributed by atoms with Crippen LogP contribution in [-0.4, -0.2) is 28.0 Å². The van der Waals surface area contributed by atoms with E-state index < -0.39 is 22.5 Å². The monoisotopic (exact) mass is 438 g/mol. The van der Waals surface area contributed by atoms with Crippen molar-refractivity contribution >= 4 is 27.3 Å². The smallest absolute Gasteiger partial charge is 0.264 e. The first-order chi connectivity index (χ1) is 14.7. The number of amides is 1. The number of rotatable bonds is 7. The molecule has 162 valence electrons. The molecule has 3 aromatic rings. The first-order valence-electron chi connectivity index (χ1n) is 9.82. The highest BCUT2D eigenvalue weighted by Gasteiger charge is 2.29. The van der Waals surface area contributed by atoms with E-state index in [1.807, 2.05) is 39.0 Å². The summed E-state index contributed by atoms with van der Waals surface area (Å²) in [5.41, 5.74) is 3.77. The number of carbonyl (C=O) groups excluding carboxylic acids is 1. The van der Waals surface area contributed by atoms with Gasteiger partial charge in [-0.1, -0.05) is 36.4 Å². The third-order valence-corrected chi connectivity index (χ3v) is 6.87. The zero-order valence-corrected chi connectivity index (χ0v) is 18.9. The molecule has 0 aliphatic rings. The van der Waals surface area contributed by atoms with Crippen molar-refractivity contribution in [2.75, 3.05) is 23.3 Å². The molecule has 0 atom stereocenters. The predicted molar refractivity (Wildman–Crippen MR) is 123 cm³/mol. The first kappa shape index (κ1) is 22.4. The second-order valence-electron chi connectivity index (χ2n) is 7.30. The Hall–Kier alpha value is -3.32. The number of anilines is 2. The maximum Gasteiger partial charge on any atom is 0.264 e. The molecule has 0 radical (unpaired) electrons. The lowest BCUT2D eigenvalue weighted by atomic mass is 10.1. The molecular formula is C24H26N2O4S. The molecule has 0 unspecified atom stereocenters. The summed E-state index contributed by atoms with van der Waals surface area (Å²) >= 11 is 0. The average Bonchev–Trinajstić information content (AvgIpc) is 2.76. The minimum atomic E-state index is -4.02. The molecule has 0 heterocycles. The van der Waals surface area contributed by atoms with Gasteiger partial charge in [0.25, 0.3) is 10.0 Å². The van der Waals surface area contributed by atoms with Gasteiger partial charge < -0.3 is 10.1 Å². The van der Waals surface area contributed by atoms with E-state index in [2.05, 4.69) is 5.32 Å². The van der Waals surface area contributed by atoms with Crippen LogP contribution in [0.3, 0.4) is 0 Å². The maximum absolute atomic E-state index is 13.5. The molecular weight excluding hydrogens is 412 g/mol. The third-order valence-electron chi connectivity index (χ3n) is 5.10. The van der Waals surface area contributed by atoms with Crippen LogP contribution in [0, 0.1) is 20.8 Å². The van der Waals surface area contributed by atoms with Crippen LogP contribution in [0.15, 0.2) is 71.6 Å². The van der Waals surface area contributed by atoms with Gasteiger partial charge in [-0.2, -0.15) is 0 Å². The number of sulfonamides is 1. The van der Waals surface area contributed by atoms with E-state index in [1.54, 1.807) is 36.4 Å². The van der Waals surface area contributed by atoms with Crippen LogP contribution in [0.5, 0.6) is 5.75 Å². The Labute approximate surface area is 183 Å². The van der Waals surface area contributed by atoms with Crippen molar-refractivity contribution in [3.05, 3.63) is 83.4 Å². The van der Waals surface area contributed by atoms with Crippen molar-refractivity contribution in [1.82, 2.24) is 0 Å². The molecule has 0 aliphatic heterocycles. The summed E-state index contributed by atoms with van der Waals surface area (Å²) in [7, 11) is -2.55. The Morgan fingerprint density at radius 2 is 1.68 bits per heavy atom. The van der Waals surface area contributed by atoms with E-state index in [1.165, 1.54) is 19.2 Å². The number of carbonyl (C=O) groups is 1. The van der Waals surface area contributed by atoms with Crippen molar-refractivity contribution in [3.8, 4) is 5.75 Å². The number of hydrogen-bond donors (Lipinski definition) is 1. The van der Waals surface area contributed by atoms with Crippen LogP contribution in [0.2, 0.25) is 0 Å². The van der Waals surface area contributed by atoms with Gasteiger partial charge in [-0.05, 0) is 67.8 Å². The molecule has 0 fully saturated rings. The standard InChI is InChI=1S/C24H26N2O4S/c1-17-13-14-23(30-4)22(15-17)26(31(28,29)20-10-6-5-7-11-20)16-24(27)25-21-12-8-9-18(2)19(21)3/h5-15H,16H2,1-4H3,(H,25,27). The molecule has 0 bridgehead atoms. The molecule has 1 amide bonds. The van der Waals surface area contributed by atoms with Crippen LogP contribution in [0.25, 0.3) is 0 Å². The fraction of sp³-hybridized carbons (Fsp3) is 0.208. The van der Waals surface area contributed by atoms with Crippen molar-refractivity contribution < 1.29 is 17.9 Å². The van der Waals surface area contributed by atoms with Crippen LogP contribution < -0.4 is 14.4 Å². The summed E-state index contributed by atoms with van der Waals surface area (Å²) in [6.07, 6.45) is 0. The molecule has 6 nitrogen and oxygen atoms in total. The summed E-state index contributed by atoms with van der Waals surface area (Å²) in [4.78, 5) is 13.1. The summed E-state index contributed by atoms with van der Waals surface area (Å²) in [5, 5.41) is 2.84. The van der Waals surface area contributed by atoms with Gasteiger partial charge >= 0.3 is 0 Å². The van der Waals surface area contributed by atoms with Gasteiger partial charge in [0, 0.05) is 5.69 Å². The van der Waals surface area contributed by atoms with Crippen molar-refractivity contribution in [2.24, 2.45) is 0 Å². The molecule has 0 saturated heterocycles. The Bertz CT molecular complexity index is 1190. The lowest BCUT2D eigenvalue weighted by molar-refractivity contribution is -0.114. The van der Waals surface area contributed by atoms with Crippen LogP contribution >= 0.6 is 0 Å². The summed E-state index contributed by atoms with van der Waals surface area (Å²) in [6.45, 7) is 5.32. The Morgan fingerprint density at radius 1 is 0.968 bits per heavy atom. The molecule has 3 rings (SSSR count). The zero-order valence-electron chi connectivity index (χ0n) is 18.0. The molecule has 0 aliphatic carbocycles. The van der Waals surface area contributed by atoms with Gasteiger partial charge in [-0.15, -0.1) is 0 Å². The summed E-state index contributed by atoms with van der Waals surface area (Å²) in [6, 6.07) is 18.9. The second kappa shape index (κ2) is 9.22. The molecule has 1 N–H and O–H groups in total. The number of nitrogens with zero attached hydrogens (tertiary/aromatic N) is 1. The molecule has 3 aromatic carbocycles. The zero-order chi connectivity index (χ0) is 22.6. The van der Waals surface area contributed by atoms with Gasteiger partial charge in [-0.25, -0.2) is 8.42 Å². The normalized spacial score (nSPS) is 11.1. The van der Waals surface area contributed by atoms with Crippen molar-refractivity contribution in [1.29, 1.82) is 0 Å². The molecule has 0 spiro atoms. The lowest BCUT2D eigenvalue weighted by Crippen LogP contribution is -2.38. The topological polar surface area (TPSA) is 75.7 Å². The van der Waals surface area contributed by atoms with Crippen LogP contribution in [-0.2, 0) is 14.8 Å². The minimum Gasteiger partial charge on any atom is -0.495 e. The van der Waals surface area contributed by atoms with E-state index in [-0.39, 0.29) is 4.90 Å². The third kappa shape index (κ3) is 4.88. The van der Waals surface area contributed by atoms with Gasteiger partial charge in [0.1, 0.15) is 12.3 Å². The fourth-order valence-electron chi connectivity index (χ4n) is 3.22. The molecule has 0 saturated carbocycles. The van der Waals surface area contributed by atoms with E-state index in [9.17, 15) is 13.2 Å². The highest BCUT2D eigenvalue weighted by atomic mass is 32.2. The maximum atomic E-state index is 13.5. The average molecular weight is 439 g/mol. The number of methoxy groups -OCH3 is 1. The van der Waals surface area contributed by atoms with E-state index in [0.29, 0.717) is 17.1 Å².